The van der Waals surface area contributed by atoms with Gasteiger partial charge < -0.3 is 9.88 Å². The van der Waals surface area contributed by atoms with E-state index in [4.69, 9.17) is 0 Å². The Bertz CT molecular complexity index is 847. The van der Waals surface area contributed by atoms with Crippen LogP contribution in [0.5, 0.6) is 0 Å². The number of carbonyl (C=O) groups is 1. The van der Waals surface area contributed by atoms with E-state index in [1.165, 1.54) is 27.7 Å². The highest BCUT2D eigenvalue weighted by molar-refractivity contribution is 9.10. The Morgan fingerprint density at radius 2 is 2.00 bits per heavy atom. The van der Waals surface area contributed by atoms with Gasteiger partial charge in [-0.3, -0.25) is 14.5 Å². The number of hydrogen-bond acceptors (Lipinski definition) is 4. The zero-order chi connectivity index (χ0) is 18.5. The highest BCUT2D eigenvalue weighted by Gasteiger charge is 2.12. The summed E-state index contributed by atoms with van der Waals surface area (Å²) in [5, 5.41) is 2.91. The average molecular weight is 436 g/mol. The zero-order valence-corrected chi connectivity index (χ0v) is 17.1. The first kappa shape index (κ1) is 19.2. The number of carbonyl (C=O) groups excluding carboxylic acids is 1. The minimum absolute atomic E-state index is 0.00902. The van der Waals surface area contributed by atoms with Gasteiger partial charge in [0.15, 0.2) is 0 Å². The maximum absolute atomic E-state index is 12.3. The van der Waals surface area contributed by atoms with E-state index in [-0.39, 0.29) is 18.0 Å². The van der Waals surface area contributed by atoms with Gasteiger partial charge in [0.1, 0.15) is 6.54 Å². The van der Waals surface area contributed by atoms with Crippen LogP contribution < -0.4 is 10.9 Å². The van der Waals surface area contributed by atoms with Crippen molar-refractivity contribution >= 4 is 39.3 Å². The summed E-state index contributed by atoms with van der Waals surface area (Å²) in [7, 11) is 0. The maximum Gasteiger partial charge on any atom is 0.251 e. The highest BCUT2D eigenvalue weighted by atomic mass is 79.9. The van der Waals surface area contributed by atoms with Gasteiger partial charge in [-0.05, 0) is 46.1 Å². The van der Waals surface area contributed by atoms with E-state index in [0.29, 0.717) is 0 Å². The highest BCUT2D eigenvalue weighted by Crippen LogP contribution is 2.19. The van der Waals surface area contributed by atoms with Crippen LogP contribution in [0.25, 0.3) is 0 Å². The van der Waals surface area contributed by atoms with E-state index in [1.54, 1.807) is 12.3 Å². The standard InChI is InChI=1S/C19H22BrN3O2S/c1-14-10-15(11-22-6-8-26-9-7-22)2-4-17(14)21-18(24)13-23-12-16(20)3-5-19(23)25/h2-5,10,12H,6-9,11,13H2,1H3,(H,21,24). The summed E-state index contributed by atoms with van der Waals surface area (Å²) >= 11 is 5.32. The Hall–Kier alpha value is -1.57. The topological polar surface area (TPSA) is 54.3 Å². The van der Waals surface area contributed by atoms with E-state index in [1.807, 2.05) is 24.8 Å². The van der Waals surface area contributed by atoms with Crippen LogP contribution in [0.1, 0.15) is 11.1 Å². The van der Waals surface area contributed by atoms with Crippen LogP contribution in [-0.2, 0) is 17.9 Å². The lowest BCUT2D eigenvalue weighted by Crippen LogP contribution is -2.32. The molecule has 1 aliphatic rings. The fraction of sp³-hybridized carbons (Fsp3) is 0.368. The molecule has 0 spiro atoms. The molecule has 0 bridgehead atoms. The molecule has 2 heterocycles. The molecular formula is C19H22BrN3O2S. The minimum atomic E-state index is -0.214. The fourth-order valence-corrected chi connectivity index (χ4v) is 4.31. The van der Waals surface area contributed by atoms with Gasteiger partial charge >= 0.3 is 0 Å². The van der Waals surface area contributed by atoms with Gasteiger partial charge in [0.05, 0.1) is 0 Å². The van der Waals surface area contributed by atoms with Crippen molar-refractivity contribution in [3.63, 3.8) is 0 Å². The quantitative estimate of drug-likeness (QED) is 0.783. The number of nitrogens with zero attached hydrogens (tertiary/aromatic N) is 2. The zero-order valence-electron chi connectivity index (χ0n) is 14.7. The second-order valence-electron chi connectivity index (χ2n) is 6.40. The number of aromatic nitrogens is 1. The van der Waals surface area contributed by atoms with Crippen molar-refractivity contribution in [2.24, 2.45) is 0 Å². The largest absolute Gasteiger partial charge is 0.324 e. The summed E-state index contributed by atoms with van der Waals surface area (Å²) in [5.41, 5.74) is 2.88. The monoisotopic (exact) mass is 435 g/mol. The molecule has 1 fully saturated rings. The van der Waals surface area contributed by atoms with Crippen molar-refractivity contribution < 1.29 is 4.79 Å². The minimum Gasteiger partial charge on any atom is -0.324 e. The number of amides is 1. The smallest absolute Gasteiger partial charge is 0.251 e. The predicted octanol–water partition coefficient (Wildman–Crippen LogP) is 3.11. The van der Waals surface area contributed by atoms with Crippen LogP contribution in [0.3, 0.4) is 0 Å². The van der Waals surface area contributed by atoms with Crippen molar-refractivity contribution in [3.05, 3.63) is 62.5 Å². The summed E-state index contributed by atoms with van der Waals surface area (Å²) in [6, 6.07) is 9.25. The number of thioether (sulfide) groups is 1. The molecular weight excluding hydrogens is 414 g/mol. The molecule has 26 heavy (non-hydrogen) atoms. The van der Waals surface area contributed by atoms with Gasteiger partial charge in [0.25, 0.3) is 5.56 Å². The Morgan fingerprint density at radius 1 is 1.23 bits per heavy atom. The molecule has 1 amide bonds. The molecule has 1 aromatic heterocycles. The molecule has 2 aromatic rings. The SMILES string of the molecule is Cc1cc(CN2CCSCC2)ccc1NC(=O)Cn1cc(Br)ccc1=O. The van der Waals surface area contributed by atoms with Crippen molar-refractivity contribution in [3.8, 4) is 0 Å². The number of nitrogens with one attached hydrogen (secondary N) is 1. The van der Waals surface area contributed by atoms with Crippen LogP contribution in [0.4, 0.5) is 5.69 Å². The average Bonchev–Trinajstić information content (AvgIpc) is 2.61. The number of aryl methyl sites for hydroxylation is 1. The van der Waals surface area contributed by atoms with Crippen LogP contribution in [0.2, 0.25) is 0 Å². The molecule has 0 radical (unpaired) electrons. The molecule has 0 saturated carbocycles. The lowest BCUT2D eigenvalue weighted by Gasteiger charge is -2.26. The van der Waals surface area contributed by atoms with Gasteiger partial charge in [0.2, 0.25) is 5.91 Å². The van der Waals surface area contributed by atoms with Crippen molar-refractivity contribution in [1.82, 2.24) is 9.47 Å². The Morgan fingerprint density at radius 3 is 2.73 bits per heavy atom. The Labute approximate surface area is 165 Å². The molecule has 0 unspecified atom stereocenters. The first-order valence-electron chi connectivity index (χ1n) is 8.57. The normalized spacial score (nSPS) is 15.0. The Kier molecular flexibility index (Phi) is 6.56. The van der Waals surface area contributed by atoms with Crippen LogP contribution in [-0.4, -0.2) is 40.0 Å². The van der Waals surface area contributed by atoms with E-state index in [0.717, 1.165) is 35.4 Å². The number of benzene rings is 1. The van der Waals surface area contributed by atoms with Crippen LogP contribution >= 0.6 is 27.7 Å². The third kappa shape index (κ3) is 5.22. The lowest BCUT2D eigenvalue weighted by molar-refractivity contribution is -0.116. The Balaban J connectivity index is 1.63. The molecule has 0 atom stereocenters. The first-order valence-corrected chi connectivity index (χ1v) is 10.5. The predicted molar refractivity (Wildman–Crippen MR) is 111 cm³/mol. The summed E-state index contributed by atoms with van der Waals surface area (Å²) in [6.45, 7) is 5.19. The second kappa shape index (κ2) is 8.88. The number of pyridine rings is 1. The molecule has 1 N–H and O–H groups in total. The molecule has 7 heteroatoms. The maximum atomic E-state index is 12.3. The fourth-order valence-electron chi connectivity index (χ4n) is 2.95. The van der Waals surface area contributed by atoms with E-state index in [9.17, 15) is 9.59 Å². The van der Waals surface area contributed by atoms with Crippen molar-refractivity contribution in [2.75, 3.05) is 29.9 Å². The molecule has 138 valence electrons. The molecule has 1 saturated heterocycles. The van der Waals surface area contributed by atoms with E-state index < -0.39 is 0 Å². The first-order chi connectivity index (χ1) is 12.5. The summed E-state index contributed by atoms with van der Waals surface area (Å²) in [5.74, 6) is 2.18. The van der Waals surface area contributed by atoms with Crippen LogP contribution in [0.15, 0.2) is 45.8 Å². The van der Waals surface area contributed by atoms with E-state index in [2.05, 4.69) is 38.3 Å². The van der Waals surface area contributed by atoms with Crippen LogP contribution in [0, 0.1) is 6.92 Å². The van der Waals surface area contributed by atoms with Gasteiger partial charge in [-0.25, -0.2) is 0 Å². The molecule has 1 aliphatic heterocycles. The van der Waals surface area contributed by atoms with E-state index >= 15 is 0 Å². The lowest BCUT2D eigenvalue weighted by atomic mass is 10.1. The van der Waals surface area contributed by atoms with Gasteiger partial charge in [-0.1, -0.05) is 12.1 Å². The molecule has 5 nitrogen and oxygen atoms in total. The number of anilines is 1. The van der Waals surface area contributed by atoms with Gasteiger partial charge in [-0.15, -0.1) is 0 Å². The number of rotatable bonds is 5. The molecule has 3 rings (SSSR count). The number of halogens is 1. The third-order valence-corrected chi connectivity index (χ3v) is 5.75. The second-order valence-corrected chi connectivity index (χ2v) is 8.54. The third-order valence-electron chi connectivity index (χ3n) is 4.34. The van der Waals surface area contributed by atoms with Crippen molar-refractivity contribution in [1.29, 1.82) is 0 Å². The summed E-state index contributed by atoms with van der Waals surface area (Å²) in [6.07, 6.45) is 1.62. The summed E-state index contributed by atoms with van der Waals surface area (Å²) < 4.78 is 2.15. The molecule has 1 aromatic carbocycles. The number of hydrogen-bond donors (Lipinski definition) is 1. The van der Waals surface area contributed by atoms with Crippen molar-refractivity contribution in [2.45, 2.75) is 20.0 Å². The molecule has 0 aliphatic carbocycles. The van der Waals surface area contributed by atoms with Gasteiger partial charge in [-0.2, -0.15) is 11.8 Å². The van der Waals surface area contributed by atoms with Gasteiger partial charge in [0, 0.05) is 53.6 Å². The summed E-state index contributed by atoms with van der Waals surface area (Å²) in [4.78, 5) is 26.6.